The summed E-state index contributed by atoms with van der Waals surface area (Å²) in [6, 6.07) is 0. The molecule has 0 aromatic heterocycles. The molecule has 0 fully saturated rings. The van der Waals surface area contributed by atoms with Gasteiger partial charge in [0.25, 0.3) is 0 Å². The second-order valence-electron chi connectivity index (χ2n) is 1.14. The van der Waals surface area contributed by atoms with Crippen molar-refractivity contribution >= 4 is 6.29 Å². The van der Waals surface area contributed by atoms with Crippen molar-refractivity contribution in [2.75, 3.05) is 0 Å². The summed E-state index contributed by atoms with van der Waals surface area (Å²) in [6.45, 7) is 3.45. The minimum absolute atomic E-state index is 0.730. The van der Waals surface area contributed by atoms with Gasteiger partial charge in [-0.2, -0.15) is 0 Å². The van der Waals surface area contributed by atoms with E-state index in [1.165, 1.54) is 6.08 Å². The van der Waals surface area contributed by atoms with Gasteiger partial charge in [0.2, 0.25) is 0 Å². The van der Waals surface area contributed by atoms with Crippen molar-refractivity contribution in [2.45, 2.75) is 0 Å². The molecular formula is C7H8O. The topological polar surface area (TPSA) is 17.1 Å². The van der Waals surface area contributed by atoms with E-state index in [4.69, 9.17) is 0 Å². The number of aldehydes is 1. The van der Waals surface area contributed by atoms with Gasteiger partial charge in [-0.05, 0) is 6.08 Å². The highest BCUT2D eigenvalue weighted by atomic mass is 16.1. The Labute approximate surface area is 49.0 Å². The minimum atomic E-state index is 0.730. The summed E-state index contributed by atoms with van der Waals surface area (Å²) in [5, 5.41) is 0. The van der Waals surface area contributed by atoms with E-state index in [1.807, 2.05) is 0 Å². The summed E-state index contributed by atoms with van der Waals surface area (Å²) in [7, 11) is 0. The van der Waals surface area contributed by atoms with Crippen molar-refractivity contribution in [1.82, 2.24) is 0 Å². The number of carbonyl (C=O) groups excluding carboxylic acids is 1. The number of rotatable bonds is 3. The Morgan fingerprint density at radius 3 is 2.12 bits per heavy atom. The molecule has 1 nitrogen and oxygen atoms in total. The molecule has 0 radical (unpaired) electrons. The fourth-order valence-corrected chi connectivity index (χ4v) is 0.252. The maximum Gasteiger partial charge on any atom is 0.142 e. The largest absolute Gasteiger partial charge is 0.299 e. The first-order valence-corrected chi connectivity index (χ1v) is 2.31. The smallest absolute Gasteiger partial charge is 0.142 e. The van der Waals surface area contributed by atoms with Gasteiger partial charge >= 0.3 is 0 Å². The standard InChI is InChI=1S/C7H8O/c1-2-3-4-5-6-7-8/h2-7H,1H2/b4-3+,6-5-. The monoisotopic (exact) mass is 108 g/mol. The molecule has 8 heavy (non-hydrogen) atoms. The maximum absolute atomic E-state index is 9.62. The lowest BCUT2D eigenvalue weighted by Gasteiger charge is -1.65. The summed E-state index contributed by atoms with van der Waals surface area (Å²) >= 11 is 0. The molecule has 0 N–H and O–H groups in total. The lowest BCUT2D eigenvalue weighted by molar-refractivity contribution is -0.104. The zero-order valence-electron chi connectivity index (χ0n) is 4.58. The second kappa shape index (κ2) is 5.89. The summed E-state index contributed by atoms with van der Waals surface area (Å²) < 4.78 is 0. The molecule has 0 unspecified atom stereocenters. The van der Waals surface area contributed by atoms with Crippen LogP contribution in [0.2, 0.25) is 0 Å². The highest BCUT2D eigenvalue weighted by Crippen LogP contribution is 1.73. The Hall–Kier alpha value is -1.11. The van der Waals surface area contributed by atoms with Gasteiger partial charge in [0.1, 0.15) is 6.29 Å². The Balaban J connectivity index is 3.41. The summed E-state index contributed by atoms with van der Waals surface area (Å²) in [4.78, 5) is 9.62. The minimum Gasteiger partial charge on any atom is -0.299 e. The lowest BCUT2D eigenvalue weighted by Crippen LogP contribution is -1.54. The van der Waals surface area contributed by atoms with Gasteiger partial charge in [-0.3, -0.25) is 4.79 Å². The molecule has 0 aliphatic heterocycles. The molecule has 0 bridgehead atoms. The van der Waals surface area contributed by atoms with Crippen LogP contribution in [0.15, 0.2) is 37.0 Å². The van der Waals surface area contributed by atoms with Crippen molar-refractivity contribution < 1.29 is 4.79 Å². The molecule has 0 saturated carbocycles. The van der Waals surface area contributed by atoms with E-state index in [2.05, 4.69) is 6.58 Å². The number of allylic oxidation sites excluding steroid dienone is 5. The molecule has 0 aliphatic rings. The predicted octanol–water partition coefficient (Wildman–Crippen LogP) is 1.48. The summed E-state index contributed by atoms with van der Waals surface area (Å²) in [5.41, 5.74) is 0. The molecule has 42 valence electrons. The Morgan fingerprint density at radius 2 is 1.62 bits per heavy atom. The van der Waals surface area contributed by atoms with Gasteiger partial charge in [-0.1, -0.05) is 30.9 Å². The van der Waals surface area contributed by atoms with E-state index in [9.17, 15) is 4.79 Å². The predicted molar refractivity (Wildman–Crippen MR) is 34.5 cm³/mol. The fraction of sp³-hybridized carbons (Fsp3) is 0. The molecule has 0 saturated heterocycles. The van der Waals surface area contributed by atoms with Gasteiger partial charge in [-0.15, -0.1) is 0 Å². The molecular weight excluding hydrogens is 100 g/mol. The zero-order valence-corrected chi connectivity index (χ0v) is 4.58. The van der Waals surface area contributed by atoms with Crippen molar-refractivity contribution in [2.24, 2.45) is 0 Å². The van der Waals surface area contributed by atoms with Crippen molar-refractivity contribution in [3.63, 3.8) is 0 Å². The average Bonchev–Trinajstić information content (AvgIpc) is 1.81. The van der Waals surface area contributed by atoms with Crippen LogP contribution in [0, 0.1) is 0 Å². The number of hydrogen-bond acceptors (Lipinski definition) is 1. The van der Waals surface area contributed by atoms with Crippen LogP contribution in [-0.4, -0.2) is 6.29 Å². The molecule has 0 amide bonds. The number of carbonyl (C=O) groups is 1. The molecule has 0 aromatic carbocycles. The van der Waals surface area contributed by atoms with Crippen LogP contribution in [0.4, 0.5) is 0 Å². The molecule has 0 spiro atoms. The molecule has 0 aromatic rings. The Morgan fingerprint density at radius 1 is 1.00 bits per heavy atom. The lowest BCUT2D eigenvalue weighted by atomic mass is 10.4. The molecule has 0 rings (SSSR count). The third-order valence-electron chi connectivity index (χ3n) is 0.548. The van der Waals surface area contributed by atoms with E-state index in [-0.39, 0.29) is 0 Å². The van der Waals surface area contributed by atoms with Gasteiger partial charge < -0.3 is 0 Å². The van der Waals surface area contributed by atoms with Crippen LogP contribution >= 0.6 is 0 Å². The van der Waals surface area contributed by atoms with Crippen LogP contribution in [0.3, 0.4) is 0 Å². The maximum atomic E-state index is 9.62. The third-order valence-corrected chi connectivity index (χ3v) is 0.548. The molecule has 0 atom stereocenters. The molecule has 1 heteroatoms. The van der Waals surface area contributed by atoms with Crippen LogP contribution < -0.4 is 0 Å². The Bertz CT molecular complexity index is 104. The first-order valence-electron chi connectivity index (χ1n) is 2.31. The summed E-state index contributed by atoms with van der Waals surface area (Å²) in [6.07, 6.45) is 8.93. The van der Waals surface area contributed by atoms with Crippen LogP contribution in [0.1, 0.15) is 0 Å². The van der Waals surface area contributed by atoms with Crippen molar-refractivity contribution in [1.29, 1.82) is 0 Å². The van der Waals surface area contributed by atoms with Crippen molar-refractivity contribution in [3.05, 3.63) is 37.0 Å². The van der Waals surface area contributed by atoms with Gasteiger partial charge in [0.05, 0.1) is 0 Å². The van der Waals surface area contributed by atoms with Gasteiger partial charge in [0.15, 0.2) is 0 Å². The van der Waals surface area contributed by atoms with E-state index < -0.39 is 0 Å². The first-order chi connectivity index (χ1) is 3.91. The highest BCUT2D eigenvalue weighted by molar-refractivity contribution is 5.65. The van der Waals surface area contributed by atoms with Crippen molar-refractivity contribution in [3.8, 4) is 0 Å². The zero-order chi connectivity index (χ0) is 6.24. The quantitative estimate of drug-likeness (QED) is 0.304. The summed E-state index contributed by atoms with van der Waals surface area (Å²) in [5.74, 6) is 0. The second-order valence-corrected chi connectivity index (χ2v) is 1.14. The fourth-order valence-electron chi connectivity index (χ4n) is 0.252. The van der Waals surface area contributed by atoms with Gasteiger partial charge in [0, 0.05) is 0 Å². The van der Waals surface area contributed by atoms with E-state index in [0.29, 0.717) is 0 Å². The van der Waals surface area contributed by atoms with E-state index in [0.717, 1.165) is 6.29 Å². The van der Waals surface area contributed by atoms with Crippen LogP contribution in [0.25, 0.3) is 0 Å². The normalized spacial score (nSPS) is 10.5. The van der Waals surface area contributed by atoms with E-state index in [1.54, 1.807) is 24.3 Å². The first kappa shape index (κ1) is 6.89. The van der Waals surface area contributed by atoms with E-state index >= 15 is 0 Å². The highest BCUT2D eigenvalue weighted by Gasteiger charge is 1.57. The third kappa shape index (κ3) is 4.89. The average molecular weight is 108 g/mol. The van der Waals surface area contributed by atoms with Crippen LogP contribution in [0.5, 0.6) is 0 Å². The van der Waals surface area contributed by atoms with Crippen LogP contribution in [-0.2, 0) is 4.79 Å². The molecule has 0 heterocycles. The SMILES string of the molecule is C=C/C=C/C=C\C=O. The molecule has 0 aliphatic carbocycles. The number of hydrogen-bond donors (Lipinski definition) is 0. The Kier molecular flexibility index (Phi) is 5.07. The van der Waals surface area contributed by atoms with Gasteiger partial charge in [-0.25, -0.2) is 0 Å².